The van der Waals surface area contributed by atoms with Gasteiger partial charge in [-0.1, -0.05) is 84.5 Å². The molecule has 0 aliphatic carbocycles. The predicted molar refractivity (Wildman–Crippen MR) is 161 cm³/mol. The van der Waals surface area contributed by atoms with Crippen LogP contribution in [0, 0.1) is 12.8 Å². The molecule has 40 heavy (non-hydrogen) atoms. The van der Waals surface area contributed by atoms with Gasteiger partial charge in [0.1, 0.15) is 12.6 Å². The number of nitrogens with zero attached hydrogens (tertiary/aromatic N) is 2. The summed E-state index contributed by atoms with van der Waals surface area (Å²) >= 11 is 18.7. The normalized spacial score (nSPS) is 12.2. The highest BCUT2D eigenvalue weighted by Gasteiger charge is 2.33. The second-order valence-corrected chi connectivity index (χ2v) is 12.9. The molecule has 2 amide bonds. The summed E-state index contributed by atoms with van der Waals surface area (Å²) in [6.45, 7) is 7.23. The first kappa shape index (κ1) is 31.7. The molecule has 0 aliphatic heterocycles. The third-order valence-electron chi connectivity index (χ3n) is 6.21. The Balaban J connectivity index is 2.05. The van der Waals surface area contributed by atoms with Gasteiger partial charge >= 0.3 is 0 Å². The first-order valence-electron chi connectivity index (χ1n) is 12.7. The van der Waals surface area contributed by atoms with Crippen molar-refractivity contribution in [1.82, 2.24) is 10.2 Å². The number of benzene rings is 3. The maximum atomic E-state index is 13.9. The van der Waals surface area contributed by atoms with Gasteiger partial charge in [0.05, 0.1) is 20.6 Å². The van der Waals surface area contributed by atoms with E-state index < -0.39 is 28.5 Å². The van der Waals surface area contributed by atoms with Gasteiger partial charge in [-0.15, -0.1) is 0 Å². The molecule has 0 saturated heterocycles. The molecule has 0 radical (unpaired) electrons. The highest BCUT2D eigenvalue weighted by Crippen LogP contribution is 2.35. The molecule has 0 heterocycles. The zero-order chi connectivity index (χ0) is 29.6. The molecule has 3 aromatic carbocycles. The Morgan fingerprint density at radius 2 is 1.52 bits per heavy atom. The summed E-state index contributed by atoms with van der Waals surface area (Å²) < 4.78 is 28.7. The van der Waals surface area contributed by atoms with Crippen molar-refractivity contribution < 1.29 is 18.0 Å². The third kappa shape index (κ3) is 7.91. The molecule has 0 aliphatic rings. The van der Waals surface area contributed by atoms with Crippen LogP contribution in [0.5, 0.6) is 0 Å². The zero-order valence-electron chi connectivity index (χ0n) is 22.7. The summed E-state index contributed by atoms with van der Waals surface area (Å²) in [4.78, 5) is 28.3. The summed E-state index contributed by atoms with van der Waals surface area (Å²) in [5, 5.41) is 3.49. The van der Waals surface area contributed by atoms with Crippen LogP contribution in [0.4, 0.5) is 5.69 Å². The van der Waals surface area contributed by atoms with Gasteiger partial charge in [0, 0.05) is 18.1 Å². The molecule has 0 aromatic heterocycles. The van der Waals surface area contributed by atoms with Crippen LogP contribution in [0.15, 0.2) is 71.6 Å². The largest absolute Gasteiger partial charge is 0.354 e. The van der Waals surface area contributed by atoms with E-state index in [2.05, 4.69) is 5.32 Å². The number of aryl methyl sites for hydroxylation is 1. The fourth-order valence-electron chi connectivity index (χ4n) is 3.86. The van der Waals surface area contributed by atoms with E-state index in [9.17, 15) is 18.0 Å². The number of rotatable bonds is 11. The van der Waals surface area contributed by atoms with Crippen molar-refractivity contribution in [2.45, 2.75) is 45.2 Å². The van der Waals surface area contributed by atoms with E-state index >= 15 is 0 Å². The highest BCUT2D eigenvalue weighted by atomic mass is 35.5. The third-order valence-corrected chi connectivity index (χ3v) is 9.04. The van der Waals surface area contributed by atoms with E-state index in [0.717, 1.165) is 15.4 Å². The van der Waals surface area contributed by atoms with Crippen molar-refractivity contribution in [3.63, 3.8) is 0 Å². The lowest BCUT2D eigenvalue weighted by Gasteiger charge is -2.32. The average molecular weight is 625 g/mol. The molecular formula is C29H32Cl3N3O4S. The van der Waals surface area contributed by atoms with Crippen LogP contribution in [0.25, 0.3) is 0 Å². The van der Waals surface area contributed by atoms with Crippen molar-refractivity contribution in [3.8, 4) is 0 Å². The predicted octanol–water partition coefficient (Wildman–Crippen LogP) is 6.34. The van der Waals surface area contributed by atoms with Gasteiger partial charge in [-0.2, -0.15) is 0 Å². The minimum absolute atomic E-state index is 0.0142. The minimum Gasteiger partial charge on any atom is -0.354 e. The Kier molecular flexibility index (Phi) is 10.9. The molecule has 1 atom stereocenters. The molecule has 3 aromatic rings. The van der Waals surface area contributed by atoms with Crippen LogP contribution in [0.2, 0.25) is 15.1 Å². The second-order valence-electron chi connectivity index (χ2n) is 9.86. The molecule has 0 spiro atoms. The molecule has 214 valence electrons. The van der Waals surface area contributed by atoms with E-state index in [1.54, 1.807) is 49.4 Å². The summed E-state index contributed by atoms with van der Waals surface area (Å²) in [5.41, 5.74) is 1.64. The molecule has 3 rings (SSSR count). The van der Waals surface area contributed by atoms with Crippen LogP contribution in [0.3, 0.4) is 0 Å². The number of carbonyl (C=O) groups is 2. The van der Waals surface area contributed by atoms with E-state index in [1.165, 1.54) is 29.2 Å². The highest BCUT2D eigenvalue weighted by molar-refractivity contribution is 7.92. The van der Waals surface area contributed by atoms with Crippen molar-refractivity contribution in [3.05, 3.63) is 92.9 Å². The van der Waals surface area contributed by atoms with Crippen molar-refractivity contribution in [2.75, 3.05) is 17.4 Å². The van der Waals surface area contributed by atoms with Gasteiger partial charge in [0.2, 0.25) is 11.8 Å². The van der Waals surface area contributed by atoms with Gasteiger partial charge in [0.25, 0.3) is 10.0 Å². The Morgan fingerprint density at radius 3 is 2.12 bits per heavy atom. The second kappa shape index (κ2) is 13.7. The summed E-state index contributed by atoms with van der Waals surface area (Å²) in [6, 6.07) is 16.8. The number of halogens is 3. The fourth-order valence-corrected chi connectivity index (χ4v) is 5.86. The molecular weight excluding hydrogens is 593 g/mol. The molecule has 0 fully saturated rings. The Labute approximate surface area is 251 Å². The van der Waals surface area contributed by atoms with Crippen molar-refractivity contribution >= 4 is 62.3 Å². The first-order chi connectivity index (χ1) is 18.8. The van der Waals surface area contributed by atoms with E-state index in [0.29, 0.717) is 11.6 Å². The number of hydrogen-bond acceptors (Lipinski definition) is 4. The quantitative estimate of drug-likeness (QED) is 0.270. The molecule has 0 saturated carbocycles. The van der Waals surface area contributed by atoms with Gasteiger partial charge < -0.3 is 10.2 Å². The van der Waals surface area contributed by atoms with Gasteiger partial charge in [0.15, 0.2) is 0 Å². The first-order valence-corrected chi connectivity index (χ1v) is 15.2. The standard InChI is InChI=1S/C29H32Cl3N3O4S/c1-19(2)16-33-29(37)21(4)34(17-22-10-12-23(30)13-11-22)27(36)18-35(26-7-5-6-25(31)28(26)32)40(38,39)24-14-8-20(3)9-15-24/h5-15,19,21H,16-18H2,1-4H3,(H,33,37). The SMILES string of the molecule is Cc1ccc(S(=O)(=O)N(CC(=O)N(Cc2ccc(Cl)cc2)C(C)C(=O)NCC(C)C)c2cccc(Cl)c2Cl)cc1. The van der Waals surface area contributed by atoms with Crippen LogP contribution in [-0.4, -0.2) is 44.3 Å². The lowest BCUT2D eigenvalue weighted by molar-refractivity contribution is -0.139. The van der Waals surface area contributed by atoms with Gasteiger partial charge in [-0.25, -0.2) is 8.42 Å². The van der Waals surface area contributed by atoms with E-state index in [4.69, 9.17) is 34.8 Å². The van der Waals surface area contributed by atoms with Gasteiger partial charge in [-0.3, -0.25) is 13.9 Å². The van der Waals surface area contributed by atoms with Crippen molar-refractivity contribution in [2.24, 2.45) is 5.92 Å². The van der Waals surface area contributed by atoms with E-state index in [-0.39, 0.29) is 39.0 Å². The monoisotopic (exact) mass is 623 g/mol. The lowest BCUT2D eigenvalue weighted by Crippen LogP contribution is -2.51. The number of anilines is 1. The van der Waals surface area contributed by atoms with Gasteiger partial charge in [-0.05, 0) is 61.7 Å². The maximum Gasteiger partial charge on any atom is 0.264 e. The van der Waals surface area contributed by atoms with Crippen LogP contribution >= 0.6 is 34.8 Å². The Morgan fingerprint density at radius 1 is 0.900 bits per heavy atom. The average Bonchev–Trinajstić information content (AvgIpc) is 2.91. The topological polar surface area (TPSA) is 86.8 Å². The number of nitrogens with one attached hydrogen (secondary N) is 1. The lowest BCUT2D eigenvalue weighted by atomic mass is 10.1. The summed E-state index contributed by atoms with van der Waals surface area (Å²) in [6.07, 6.45) is 0. The summed E-state index contributed by atoms with van der Waals surface area (Å²) in [5.74, 6) is -0.754. The Bertz CT molecular complexity index is 1450. The maximum absolute atomic E-state index is 13.9. The number of amides is 2. The number of hydrogen-bond donors (Lipinski definition) is 1. The zero-order valence-corrected chi connectivity index (χ0v) is 25.8. The molecule has 1 N–H and O–H groups in total. The number of sulfonamides is 1. The van der Waals surface area contributed by atoms with E-state index in [1.807, 2.05) is 20.8 Å². The minimum atomic E-state index is -4.26. The molecule has 7 nitrogen and oxygen atoms in total. The van der Waals surface area contributed by atoms with Crippen LogP contribution < -0.4 is 9.62 Å². The Hall–Kier alpha value is -2.78. The van der Waals surface area contributed by atoms with Crippen LogP contribution in [0.1, 0.15) is 31.9 Å². The molecule has 0 bridgehead atoms. The smallest absolute Gasteiger partial charge is 0.264 e. The van der Waals surface area contributed by atoms with Crippen LogP contribution in [-0.2, 0) is 26.2 Å². The summed E-state index contributed by atoms with van der Waals surface area (Å²) in [7, 11) is -4.26. The van der Waals surface area contributed by atoms with Crippen molar-refractivity contribution in [1.29, 1.82) is 0 Å². The molecule has 1 unspecified atom stereocenters. The fraction of sp³-hybridized carbons (Fsp3) is 0.310. The molecule has 11 heteroatoms. The number of carbonyl (C=O) groups excluding carboxylic acids is 2.